The van der Waals surface area contributed by atoms with Crippen LogP contribution in [0.4, 0.5) is 10.2 Å². The van der Waals surface area contributed by atoms with Crippen LogP contribution in [0.25, 0.3) is 5.69 Å². The molecule has 1 saturated heterocycles. The molecule has 2 heterocycles. The van der Waals surface area contributed by atoms with Gasteiger partial charge in [0.25, 0.3) is 0 Å². The molecule has 0 bridgehead atoms. The van der Waals surface area contributed by atoms with Gasteiger partial charge in [-0.2, -0.15) is 4.68 Å². The molecule has 1 aromatic heterocycles. The van der Waals surface area contributed by atoms with Gasteiger partial charge in [0.1, 0.15) is 5.82 Å². The molecule has 1 N–H and O–H groups in total. The van der Waals surface area contributed by atoms with Crippen LogP contribution in [0.2, 0.25) is 0 Å². The van der Waals surface area contributed by atoms with Crippen LogP contribution >= 0.6 is 0 Å². The molecule has 0 saturated carbocycles. The van der Waals surface area contributed by atoms with Gasteiger partial charge in [-0.1, -0.05) is 5.21 Å². The number of aromatic nitrogens is 3. The number of ketones is 1. The predicted molar refractivity (Wildman–Crippen MR) is 78.8 cm³/mol. The monoisotopic (exact) mass is 304 g/mol. The average molecular weight is 304 g/mol. The lowest BCUT2D eigenvalue weighted by Gasteiger charge is -2.32. The molecule has 1 unspecified atom stereocenters. The molecule has 0 aliphatic carbocycles. The molecule has 6 nitrogen and oxygen atoms in total. The highest BCUT2D eigenvalue weighted by molar-refractivity contribution is 5.97. The number of aliphatic hydroxyl groups excluding tert-OH is 1. The molecule has 1 aliphatic heterocycles. The summed E-state index contributed by atoms with van der Waals surface area (Å²) < 4.78 is 14.6. The fourth-order valence-corrected chi connectivity index (χ4v) is 2.69. The van der Waals surface area contributed by atoms with Crippen molar-refractivity contribution in [2.24, 2.45) is 0 Å². The van der Waals surface area contributed by atoms with Crippen molar-refractivity contribution in [1.82, 2.24) is 15.0 Å². The van der Waals surface area contributed by atoms with Crippen LogP contribution in [-0.2, 0) is 0 Å². The van der Waals surface area contributed by atoms with Crippen molar-refractivity contribution >= 4 is 11.6 Å². The molecule has 0 amide bonds. The minimum Gasteiger partial charge on any atom is -0.391 e. The van der Waals surface area contributed by atoms with Crippen molar-refractivity contribution < 1.29 is 14.3 Å². The van der Waals surface area contributed by atoms with E-state index < -0.39 is 6.10 Å². The first-order valence-corrected chi connectivity index (χ1v) is 7.22. The Balaban J connectivity index is 2.07. The van der Waals surface area contributed by atoms with Gasteiger partial charge in [-0.25, -0.2) is 4.39 Å². The predicted octanol–water partition coefficient (Wildman–Crippen LogP) is 1.57. The second-order valence-electron chi connectivity index (χ2n) is 5.45. The minimum atomic E-state index is -0.440. The van der Waals surface area contributed by atoms with Crippen molar-refractivity contribution in [2.75, 3.05) is 18.0 Å². The molecule has 116 valence electrons. The second kappa shape index (κ2) is 5.84. The second-order valence-corrected chi connectivity index (χ2v) is 5.45. The highest BCUT2D eigenvalue weighted by Crippen LogP contribution is 2.26. The summed E-state index contributed by atoms with van der Waals surface area (Å²) in [4.78, 5) is 13.7. The Hall–Kier alpha value is -2.28. The number of halogens is 1. The summed E-state index contributed by atoms with van der Waals surface area (Å²) in [5, 5.41) is 17.9. The highest BCUT2D eigenvalue weighted by atomic mass is 19.1. The van der Waals surface area contributed by atoms with Gasteiger partial charge in [-0.15, -0.1) is 5.10 Å². The zero-order valence-electron chi connectivity index (χ0n) is 12.2. The molecule has 1 aromatic carbocycles. The molecular formula is C15H17FN4O2. The Morgan fingerprint density at radius 2 is 2.09 bits per heavy atom. The number of rotatable bonds is 3. The Kier molecular flexibility index (Phi) is 3.89. The third-order valence-electron chi connectivity index (χ3n) is 3.75. The summed E-state index contributed by atoms with van der Waals surface area (Å²) in [6.07, 6.45) is 1.13. The van der Waals surface area contributed by atoms with Gasteiger partial charge in [0.2, 0.25) is 0 Å². The lowest BCUT2D eigenvalue weighted by molar-refractivity contribution is 0.101. The number of carbonyl (C=O) groups is 1. The van der Waals surface area contributed by atoms with E-state index in [1.807, 2.05) is 4.90 Å². The molecule has 1 atom stereocenters. The smallest absolute Gasteiger partial charge is 0.183 e. The maximum Gasteiger partial charge on any atom is 0.183 e. The zero-order valence-corrected chi connectivity index (χ0v) is 12.2. The van der Waals surface area contributed by atoms with Crippen LogP contribution in [0, 0.1) is 5.82 Å². The standard InChI is InChI=1S/C15H17FN4O2/c1-10(21)14-15(19-8-2-3-13(22)9-19)20(18-17-14)12-6-4-11(16)5-7-12/h4-7,13,22H,2-3,8-9H2,1H3. The molecule has 7 heteroatoms. The number of β-amino-alcohol motifs (C(OH)–C–C–N with tert-alkyl or cyclic N) is 1. The number of hydrogen-bond acceptors (Lipinski definition) is 5. The normalized spacial score (nSPS) is 18.5. The molecule has 3 rings (SSSR count). The molecule has 22 heavy (non-hydrogen) atoms. The zero-order chi connectivity index (χ0) is 15.7. The molecule has 0 radical (unpaired) electrons. The van der Waals surface area contributed by atoms with Crippen LogP contribution in [-0.4, -0.2) is 45.1 Å². The van der Waals surface area contributed by atoms with Gasteiger partial charge in [0.05, 0.1) is 11.8 Å². The van der Waals surface area contributed by atoms with E-state index in [1.165, 1.54) is 23.7 Å². The number of aliphatic hydroxyl groups is 1. The van der Waals surface area contributed by atoms with Crippen molar-refractivity contribution in [2.45, 2.75) is 25.9 Å². The van der Waals surface area contributed by atoms with Gasteiger partial charge in [-0.3, -0.25) is 4.79 Å². The fraction of sp³-hybridized carbons (Fsp3) is 0.400. The highest BCUT2D eigenvalue weighted by Gasteiger charge is 2.27. The quantitative estimate of drug-likeness (QED) is 0.872. The number of carbonyl (C=O) groups excluding carboxylic acids is 1. The Morgan fingerprint density at radius 3 is 2.73 bits per heavy atom. The lowest BCUT2D eigenvalue weighted by Crippen LogP contribution is -2.40. The fourth-order valence-electron chi connectivity index (χ4n) is 2.69. The van der Waals surface area contributed by atoms with E-state index >= 15 is 0 Å². The maximum absolute atomic E-state index is 13.1. The first-order valence-electron chi connectivity index (χ1n) is 7.22. The van der Waals surface area contributed by atoms with Crippen LogP contribution < -0.4 is 4.90 Å². The Morgan fingerprint density at radius 1 is 1.36 bits per heavy atom. The summed E-state index contributed by atoms with van der Waals surface area (Å²) in [5.41, 5.74) is 0.884. The minimum absolute atomic E-state index is 0.191. The van der Waals surface area contributed by atoms with Gasteiger partial charge in [0, 0.05) is 20.0 Å². The van der Waals surface area contributed by atoms with E-state index in [2.05, 4.69) is 10.3 Å². The average Bonchev–Trinajstić information content (AvgIpc) is 2.93. The summed E-state index contributed by atoms with van der Waals surface area (Å²) in [7, 11) is 0. The number of piperidine rings is 1. The Bertz CT molecular complexity index is 683. The molecule has 1 fully saturated rings. The summed E-state index contributed by atoms with van der Waals surface area (Å²) in [6.45, 7) is 2.57. The lowest BCUT2D eigenvalue weighted by atomic mass is 10.1. The van der Waals surface area contributed by atoms with Gasteiger partial charge in [-0.05, 0) is 37.1 Å². The van der Waals surface area contributed by atoms with E-state index in [0.717, 1.165) is 12.8 Å². The molecule has 0 spiro atoms. The first kappa shape index (κ1) is 14.6. The maximum atomic E-state index is 13.1. The Labute approximate surface area is 127 Å². The van der Waals surface area contributed by atoms with E-state index in [-0.39, 0.29) is 17.3 Å². The van der Waals surface area contributed by atoms with E-state index in [0.29, 0.717) is 24.6 Å². The van der Waals surface area contributed by atoms with E-state index in [9.17, 15) is 14.3 Å². The summed E-state index contributed by atoms with van der Waals surface area (Å²) in [5.74, 6) is 0.0203. The number of Topliss-reactive ketones (excluding diaryl/α,β-unsaturated/α-hetero) is 1. The van der Waals surface area contributed by atoms with E-state index in [1.54, 1.807) is 12.1 Å². The van der Waals surface area contributed by atoms with E-state index in [4.69, 9.17) is 0 Å². The van der Waals surface area contributed by atoms with Gasteiger partial charge in [0.15, 0.2) is 17.3 Å². The van der Waals surface area contributed by atoms with Gasteiger partial charge >= 0.3 is 0 Å². The molecule has 1 aliphatic rings. The van der Waals surface area contributed by atoms with Crippen LogP contribution in [0.1, 0.15) is 30.3 Å². The van der Waals surface area contributed by atoms with Crippen molar-refractivity contribution in [3.8, 4) is 5.69 Å². The van der Waals surface area contributed by atoms with Crippen molar-refractivity contribution in [1.29, 1.82) is 0 Å². The van der Waals surface area contributed by atoms with Crippen LogP contribution in [0.15, 0.2) is 24.3 Å². The summed E-state index contributed by atoms with van der Waals surface area (Å²) in [6, 6.07) is 5.83. The topological polar surface area (TPSA) is 71.2 Å². The first-order chi connectivity index (χ1) is 10.6. The molecular weight excluding hydrogens is 287 g/mol. The third kappa shape index (κ3) is 2.71. The molecule has 2 aromatic rings. The van der Waals surface area contributed by atoms with Gasteiger partial charge < -0.3 is 10.0 Å². The largest absolute Gasteiger partial charge is 0.391 e. The van der Waals surface area contributed by atoms with Crippen LogP contribution in [0.3, 0.4) is 0 Å². The van der Waals surface area contributed by atoms with Crippen molar-refractivity contribution in [3.63, 3.8) is 0 Å². The number of anilines is 1. The SMILES string of the molecule is CC(=O)c1nnn(-c2ccc(F)cc2)c1N1CCCC(O)C1. The van der Waals surface area contributed by atoms with Crippen LogP contribution in [0.5, 0.6) is 0 Å². The third-order valence-corrected chi connectivity index (χ3v) is 3.75. The number of nitrogens with zero attached hydrogens (tertiary/aromatic N) is 4. The van der Waals surface area contributed by atoms with Crippen molar-refractivity contribution in [3.05, 3.63) is 35.8 Å². The number of benzene rings is 1. The number of hydrogen-bond donors (Lipinski definition) is 1. The summed E-state index contributed by atoms with van der Waals surface area (Å²) >= 11 is 0.